The van der Waals surface area contributed by atoms with E-state index in [2.05, 4.69) is 43.5 Å². The smallest absolute Gasteiger partial charge is 0.252 e. The average molecular weight is 452 g/mol. The standard InChI is InChI=1S/C17H17IN4O3/c18-14-6-2-1-5-13(14)17(25)22-11-15(23)20-8-9-21-16(24)12-4-3-7-19-10-12/h1-7,10H,8-9,11H2,(H,20,23)(H,21,24)(H,22,25). The number of hydrogen-bond acceptors (Lipinski definition) is 4. The minimum absolute atomic E-state index is 0.125. The molecule has 0 radical (unpaired) electrons. The highest BCUT2D eigenvalue weighted by atomic mass is 127. The van der Waals surface area contributed by atoms with Gasteiger partial charge in [0.2, 0.25) is 5.91 Å². The molecule has 1 aromatic carbocycles. The summed E-state index contributed by atoms with van der Waals surface area (Å²) in [4.78, 5) is 39.3. The Kier molecular flexibility index (Phi) is 7.33. The van der Waals surface area contributed by atoms with Gasteiger partial charge in [-0.2, -0.15) is 0 Å². The zero-order valence-electron chi connectivity index (χ0n) is 13.3. The van der Waals surface area contributed by atoms with E-state index in [-0.39, 0.29) is 37.4 Å². The topological polar surface area (TPSA) is 100 Å². The molecule has 0 aliphatic carbocycles. The van der Waals surface area contributed by atoms with Gasteiger partial charge in [0.25, 0.3) is 11.8 Å². The summed E-state index contributed by atoms with van der Waals surface area (Å²) in [6, 6.07) is 10.4. The first kappa shape index (κ1) is 18.8. The number of halogens is 1. The molecule has 7 nitrogen and oxygen atoms in total. The molecule has 0 fully saturated rings. The average Bonchev–Trinajstić information content (AvgIpc) is 2.64. The lowest BCUT2D eigenvalue weighted by molar-refractivity contribution is -0.120. The highest BCUT2D eigenvalue weighted by molar-refractivity contribution is 14.1. The molecule has 2 rings (SSSR count). The van der Waals surface area contributed by atoms with Crippen LogP contribution >= 0.6 is 22.6 Å². The van der Waals surface area contributed by atoms with Crippen molar-refractivity contribution in [3.05, 3.63) is 63.5 Å². The zero-order valence-corrected chi connectivity index (χ0v) is 15.4. The van der Waals surface area contributed by atoms with Crippen LogP contribution in [0.25, 0.3) is 0 Å². The van der Waals surface area contributed by atoms with E-state index in [9.17, 15) is 14.4 Å². The van der Waals surface area contributed by atoms with Crippen LogP contribution in [0.2, 0.25) is 0 Å². The van der Waals surface area contributed by atoms with Crippen molar-refractivity contribution >= 4 is 40.3 Å². The Morgan fingerprint density at radius 3 is 2.40 bits per heavy atom. The molecule has 0 aliphatic rings. The molecule has 1 heterocycles. The van der Waals surface area contributed by atoms with E-state index in [1.165, 1.54) is 6.20 Å². The van der Waals surface area contributed by atoms with Crippen LogP contribution in [0.3, 0.4) is 0 Å². The second-order valence-electron chi connectivity index (χ2n) is 5.01. The van der Waals surface area contributed by atoms with Crippen LogP contribution in [-0.4, -0.2) is 42.3 Å². The van der Waals surface area contributed by atoms with Crippen molar-refractivity contribution in [2.24, 2.45) is 0 Å². The molecule has 0 saturated heterocycles. The van der Waals surface area contributed by atoms with Crippen LogP contribution in [0.5, 0.6) is 0 Å². The van der Waals surface area contributed by atoms with E-state index in [1.807, 2.05) is 12.1 Å². The minimum atomic E-state index is -0.324. The Labute approximate surface area is 158 Å². The van der Waals surface area contributed by atoms with E-state index in [1.54, 1.807) is 30.5 Å². The third kappa shape index (κ3) is 6.14. The number of benzene rings is 1. The Hall–Kier alpha value is -2.49. The predicted octanol–water partition coefficient (Wildman–Crippen LogP) is 0.962. The molecule has 0 aliphatic heterocycles. The second kappa shape index (κ2) is 9.72. The van der Waals surface area contributed by atoms with E-state index >= 15 is 0 Å². The third-order valence-corrected chi connectivity index (χ3v) is 4.13. The first-order valence-electron chi connectivity index (χ1n) is 7.55. The Morgan fingerprint density at radius 1 is 0.920 bits per heavy atom. The van der Waals surface area contributed by atoms with Crippen molar-refractivity contribution in [1.29, 1.82) is 0 Å². The lowest BCUT2D eigenvalue weighted by Gasteiger charge is -2.09. The number of pyridine rings is 1. The Bertz CT molecular complexity index is 753. The number of nitrogens with one attached hydrogen (secondary N) is 3. The summed E-state index contributed by atoms with van der Waals surface area (Å²) in [6.45, 7) is 0.425. The van der Waals surface area contributed by atoms with Gasteiger partial charge in [0.15, 0.2) is 0 Å². The maximum absolute atomic E-state index is 12.0. The van der Waals surface area contributed by atoms with Crippen molar-refractivity contribution < 1.29 is 14.4 Å². The highest BCUT2D eigenvalue weighted by Gasteiger charge is 2.10. The Morgan fingerprint density at radius 2 is 1.68 bits per heavy atom. The van der Waals surface area contributed by atoms with Crippen LogP contribution in [-0.2, 0) is 4.79 Å². The number of carbonyl (C=O) groups excluding carboxylic acids is 3. The van der Waals surface area contributed by atoms with Gasteiger partial charge in [-0.25, -0.2) is 0 Å². The normalized spacial score (nSPS) is 9.96. The summed E-state index contributed by atoms with van der Waals surface area (Å²) in [5.74, 6) is -0.880. The van der Waals surface area contributed by atoms with Gasteiger partial charge in [-0.05, 0) is 46.9 Å². The van der Waals surface area contributed by atoms with Gasteiger partial charge in [-0.1, -0.05) is 12.1 Å². The van der Waals surface area contributed by atoms with Crippen molar-refractivity contribution in [2.75, 3.05) is 19.6 Å². The zero-order chi connectivity index (χ0) is 18.1. The quantitative estimate of drug-likeness (QED) is 0.431. The van der Waals surface area contributed by atoms with Gasteiger partial charge in [0, 0.05) is 29.1 Å². The van der Waals surface area contributed by atoms with Crippen molar-refractivity contribution in [2.45, 2.75) is 0 Å². The summed E-state index contributed by atoms with van der Waals surface area (Å²) in [5.41, 5.74) is 0.984. The van der Waals surface area contributed by atoms with Crippen LogP contribution in [0.15, 0.2) is 48.8 Å². The number of aromatic nitrogens is 1. The fourth-order valence-electron chi connectivity index (χ4n) is 1.94. The fourth-order valence-corrected chi connectivity index (χ4v) is 2.57. The highest BCUT2D eigenvalue weighted by Crippen LogP contribution is 2.10. The van der Waals surface area contributed by atoms with Gasteiger partial charge in [-0.3, -0.25) is 19.4 Å². The van der Waals surface area contributed by atoms with Gasteiger partial charge >= 0.3 is 0 Å². The first-order valence-corrected chi connectivity index (χ1v) is 8.63. The largest absolute Gasteiger partial charge is 0.353 e. The molecule has 0 bridgehead atoms. The van der Waals surface area contributed by atoms with Crippen LogP contribution in [0, 0.1) is 3.57 Å². The molecule has 2 aromatic rings. The molecule has 25 heavy (non-hydrogen) atoms. The molecule has 0 saturated carbocycles. The maximum atomic E-state index is 12.0. The number of nitrogens with zero attached hydrogens (tertiary/aromatic N) is 1. The third-order valence-electron chi connectivity index (χ3n) is 3.18. The van der Waals surface area contributed by atoms with Gasteiger partial charge in [0.05, 0.1) is 17.7 Å². The monoisotopic (exact) mass is 452 g/mol. The summed E-state index contributed by atoms with van der Waals surface area (Å²) in [7, 11) is 0. The second-order valence-corrected chi connectivity index (χ2v) is 6.17. The van der Waals surface area contributed by atoms with Crippen molar-refractivity contribution in [1.82, 2.24) is 20.9 Å². The molecule has 0 spiro atoms. The summed E-state index contributed by atoms with van der Waals surface area (Å²) < 4.78 is 0.816. The van der Waals surface area contributed by atoms with Gasteiger partial charge in [0.1, 0.15) is 0 Å². The molecular weight excluding hydrogens is 435 g/mol. The fraction of sp³-hybridized carbons (Fsp3) is 0.176. The maximum Gasteiger partial charge on any atom is 0.252 e. The van der Waals surface area contributed by atoms with Gasteiger partial charge < -0.3 is 16.0 Å². The number of amides is 3. The van der Waals surface area contributed by atoms with E-state index < -0.39 is 0 Å². The van der Waals surface area contributed by atoms with Crippen LogP contribution in [0.1, 0.15) is 20.7 Å². The number of rotatable bonds is 7. The molecule has 130 valence electrons. The van der Waals surface area contributed by atoms with Crippen LogP contribution in [0.4, 0.5) is 0 Å². The van der Waals surface area contributed by atoms with Gasteiger partial charge in [-0.15, -0.1) is 0 Å². The Balaban J connectivity index is 1.65. The van der Waals surface area contributed by atoms with Crippen molar-refractivity contribution in [3.8, 4) is 0 Å². The molecule has 0 atom stereocenters. The first-order chi connectivity index (χ1) is 12.1. The number of carbonyl (C=O) groups is 3. The molecule has 3 N–H and O–H groups in total. The van der Waals surface area contributed by atoms with E-state index in [0.717, 1.165) is 3.57 Å². The van der Waals surface area contributed by atoms with Crippen molar-refractivity contribution in [3.63, 3.8) is 0 Å². The molecular formula is C17H17IN4O3. The number of hydrogen-bond donors (Lipinski definition) is 3. The summed E-state index contributed by atoms with van der Waals surface area (Å²) >= 11 is 2.07. The lowest BCUT2D eigenvalue weighted by atomic mass is 10.2. The molecule has 0 unspecified atom stereocenters. The molecule has 3 amide bonds. The minimum Gasteiger partial charge on any atom is -0.353 e. The SMILES string of the molecule is O=C(CNC(=O)c1ccccc1I)NCCNC(=O)c1cccnc1. The predicted molar refractivity (Wildman–Crippen MR) is 101 cm³/mol. The van der Waals surface area contributed by atoms with E-state index in [0.29, 0.717) is 11.1 Å². The summed E-state index contributed by atoms with van der Waals surface area (Å²) in [5, 5.41) is 7.86. The van der Waals surface area contributed by atoms with E-state index in [4.69, 9.17) is 0 Å². The lowest BCUT2D eigenvalue weighted by Crippen LogP contribution is -2.40. The van der Waals surface area contributed by atoms with Crippen LogP contribution < -0.4 is 16.0 Å². The molecule has 8 heteroatoms. The molecule has 1 aromatic heterocycles. The summed E-state index contributed by atoms with van der Waals surface area (Å²) in [6.07, 6.45) is 3.05.